The van der Waals surface area contributed by atoms with Gasteiger partial charge in [0.05, 0.1) is 17.0 Å². The molecule has 0 radical (unpaired) electrons. The highest BCUT2D eigenvalue weighted by molar-refractivity contribution is 5.94. The van der Waals surface area contributed by atoms with Crippen molar-refractivity contribution in [2.24, 2.45) is 5.41 Å². The SMILES string of the molecule is CC[C@@H](Nc1ccccc1C(=O)O)c1cc(C)cc2c(=O)cc(N3CCC(C)(C)CC3)oc12. The molecule has 1 atom stereocenters. The van der Waals surface area contributed by atoms with Crippen LogP contribution in [0.4, 0.5) is 11.6 Å². The average Bonchev–Trinajstić information content (AvgIpc) is 2.77. The molecule has 0 aliphatic carbocycles. The van der Waals surface area contributed by atoms with E-state index in [9.17, 15) is 14.7 Å². The third-order valence-corrected chi connectivity index (χ3v) is 6.69. The number of piperidine rings is 1. The van der Waals surface area contributed by atoms with E-state index in [-0.39, 0.29) is 17.0 Å². The zero-order valence-corrected chi connectivity index (χ0v) is 19.8. The monoisotopic (exact) mass is 448 g/mol. The molecule has 0 saturated carbocycles. The minimum Gasteiger partial charge on any atom is -0.478 e. The van der Waals surface area contributed by atoms with Crippen LogP contribution in [0.1, 0.15) is 67.6 Å². The summed E-state index contributed by atoms with van der Waals surface area (Å²) in [5.74, 6) is -0.377. The topological polar surface area (TPSA) is 82.8 Å². The molecule has 2 aromatic carbocycles. The number of carboxylic acid groups (broad SMARTS) is 1. The van der Waals surface area contributed by atoms with Crippen LogP contribution in [0.15, 0.2) is 51.7 Å². The Kier molecular flexibility index (Phi) is 6.19. The first kappa shape index (κ1) is 22.9. The maximum Gasteiger partial charge on any atom is 0.337 e. The zero-order valence-electron chi connectivity index (χ0n) is 19.8. The van der Waals surface area contributed by atoms with E-state index in [0.717, 1.165) is 37.1 Å². The molecule has 2 N–H and O–H groups in total. The number of rotatable bonds is 6. The van der Waals surface area contributed by atoms with Crippen molar-refractivity contribution in [3.8, 4) is 0 Å². The highest BCUT2D eigenvalue weighted by Gasteiger charge is 2.27. The second kappa shape index (κ2) is 8.93. The summed E-state index contributed by atoms with van der Waals surface area (Å²) in [4.78, 5) is 27.0. The molecule has 0 amide bonds. The first-order valence-corrected chi connectivity index (χ1v) is 11.6. The summed E-state index contributed by atoms with van der Waals surface area (Å²) < 4.78 is 6.40. The van der Waals surface area contributed by atoms with Gasteiger partial charge in [-0.15, -0.1) is 0 Å². The fourth-order valence-corrected chi connectivity index (χ4v) is 4.55. The summed E-state index contributed by atoms with van der Waals surface area (Å²) >= 11 is 0. The maximum atomic E-state index is 13.1. The lowest BCUT2D eigenvalue weighted by Crippen LogP contribution is -2.37. The number of nitrogens with one attached hydrogen (secondary N) is 1. The smallest absolute Gasteiger partial charge is 0.337 e. The van der Waals surface area contributed by atoms with Crippen LogP contribution in [0, 0.1) is 12.3 Å². The molecular formula is C27H32N2O4. The Morgan fingerprint density at radius 3 is 2.55 bits per heavy atom. The number of benzene rings is 2. The number of hydrogen-bond acceptors (Lipinski definition) is 5. The van der Waals surface area contributed by atoms with Gasteiger partial charge in [0.25, 0.3) is 0 Å². The van der Waals surface area contributed by atoms with E-state index in [1.807, 2.05) is 32.0 Å². The van der Waals surface area contributed by atoms with Crippen LogP contribution in [-0.4, -0.2) is 24.2 Å². The molecule has 0 bridgehead atoms. The van der Waals surface area contributed by atoms with Gasteiger partial charge >= 0.3 is 5.97 Å². The number of aromatic carboxylic acids is 1. The highest BCUT2D eigenvalue weighted by Crippen LogP contribution is 2.35. The molecule has 1 aliphatic rings. The highest BCUT2D eigenvalue weighted by atomic mass is 16.4. The molecule has 2 heterocycles. The lowest BCUT2D eigenvalue weighted by molar-refractivity contribution is 0.0698. The van der Waals surface area contributed by atoms with Crippen molar-refractivity contribution < 1.29 is 14.3 Å². The molecule has 0 spiro atoms. The Hall–Kier alpha value is -3.28. The van der Waals surface area contributed by atoms with Crippen LogP contribution >= 0.6 is 0 Å². The average molecular weight is 449 g/mol. The first-order chi connectivity index (χ1) is 15.7. The zero-order chi connectivity index (χ0) is 23.8. The van der Waals surface area contributed by atoms with E-state index < -0.39 is 5.97 Å². The van der Waals surface area contributed by atoms with Gasteiger partial charge in [-0.25, -0.2) is 4.79 Å². The van der Waals surface area contributed by atoms with E-state index in [2.05, 4.69) is 24.1 Å². The van der Waals surface area contributed by atoms with Gasteiger partial charge in [0, 0.05) is 30.4 Å². The van der Waals surface area contributed by atoms with E-state index in [1.165, 1.54) is 0 Å². The van der Waals surface area contributed by atoms with Crippen LogP contribution in [0.3, 0.4) is 0 Å². The number of aryl methyl sites for hydroxylation is 1. The van der Waals surface area contributed by atoms with Crippen LogP contribution in [0.2, 0.25) is 0 Å². The number of hydrogen-bond donors (Lipinski definition) is 2. The molecule has 1 aliphatic heterocycles. The van der Waals surface area contributed by atoms with Crippen LogP contribution in [-0.2, 0) is 0 Å². The predicted molar refractivity (Wildman–Crippen MR) is 133 cm³/mol. The molecule has 0 unspecified atom stereocenters. The van der Waals surface area contributed by atoms with Gasteiger partial charge in [-0.3, -0.25) is 4.79 Å². The van der Waals surface area contributed by atoms with Crippen LogP contribution in [0.5, 0.6) is 0 Å². The van der Waals surface area contributed by atoms with Crippen LogP contribution < -0.4 is 15.6 Å². The Balaban J connectivity index is 1.78. The van der Waals surface area contributed by atoms with E-state index in [1.54, 1.807) is 24.3 Å². The second-order valence-corrected chi connectivity index (χ2v) is 9.79. The van der Waals surface area contributed by atoms with Gasteiger partial charge < -0.3 is 19.7 Å². The minimum absolute atomic E-state index is 0.0539. The van der Waals surface area contributed by atoms with E-state index in [0.29, 0.717) is 34.4 Å². The normalized spacial score (nSPS) is 16.5. The number of carboxylic acids is 1. The molecule has 4 rings (SSSR count). The Morgan fingerprint density at radius 2 is 1.88 bits per heavy atom. The van der Waals surface area contributed by atoms with Crippen molar-refractivity contribution in [1.29, 1.82) is 0 Å². The lowest BCUT2D eigenvalue weighted by Gasteiger charge is -2.37. The van der Waals surface area contributed by atoms with Gasteiger partial charge in [-0.05, 0) is 55.4 Å². The third kappa shape index (κ3) is 4.75. The van der Waals surface area contributed by atoms with Crippen LogP contribution in [0.25, 0.3) is 11.0 Å². The Bertz CT molecular complexity index is 1230. The van der Waals surface area contributed by atoms with Crippen molar-refractivity contribution in [2.75, 3.05) is 23.3 Å². The summed E-state index contributed by atoms with van der Waals surface area (Å²) in [6.45, 7) is 10.2. The summed E-state index contributed by atoms with van der Waals surface area (Å²) in [6.07, 6.45) is 2.78. The van der Waals surface area contributed by atoms with E-state index in [4.69, 9.17) is 4.42 Å². The molecule has 174 valence electrons. The molecule has 6 nitrogen and oxygen atoms in total. The van der Waals surface area contributed by atoms with Gasteiger partial charge in [-0.1, -0.05) is 39.0 Å². The standard InChI is InChI=1S/C27H32N2O4/c1-5-21(28-22-9-7-6-8-18(22)26(31)32)19-14-17(2)15-20-23(30)16-24(33-25(19)20)29-12-10-27(3,4)11-13-29/h6-9,14-16,21,28H,5,10-13H2,1-4H3,(H,31,32)/t21-/m1/s1. The fourth-order valence-electron chi connectivity index (χ4n) is 4.55. The second-order valence-electron chi connectivity index (χ2n) is 9.79. The summed E-state index contributed by atoms with van der Waals surface area (Å²) in [5, 5.41) is 13.5. The number of para-hydroxylation sites is 1. The van der Waals surface area contributed by atoms with Gasteiger partial charge in [-0.2, -0.15) is 0 Å². The van der Waals surface area contributed by atoms with Crippen molar-refractivity contribution in [1.82, 2.24) is 0 Å². The summed E-state index contributed by atoms with van der Waals surface area (Å²) in [6, 6.07) is 12.2. The quantitative estimate of drug-likeness (QED) is 0.482. The van der Waals surface area contributed by atoms with Gasteiger partial charge in [0.15, 0.2) is 11.3 Å². The number of fused-ring (bicyclic) bond motifs is 1. The Morgan fingerprint density at radius 1 is 1.18 bits per heavy atom. The van der Waals surface area contributed by atoms with E-state index >= 15 is 0 Å². The molecule has 1 saturated heterocycles. The molecule has 3 aromatic rings. The summed E-state index contributed by atoms with van der Waals surface area (Å²) in [5.41, 5.74) is 3.40. The molecule has 1 fully saturated rings. The fraction of sp³-hybridized carbons (Fsp3) is 0.407. The minimum atomic E-state index is -0.983. The number of anilines is 2. The third-order valence-electron chi connectivity index (χ3n) is 6.69. The molecule has 6 heteroatoms. The number of nitrogens with zero attached hydrogens (tertiary/aromatic N) is 1. The van der Waals surface area contributed by atoms with Gasteiger partial charge in [0.2, 0.25) is 0 Å². The summed E-state index contributed by atoms with van der Waals surface area (Å²) in [7, 11) is 0. The van der Waals surface area contributed by atoms with Crippen molar-refractivity contribution in [3.63, 3.8) is 0 Å². The lowest BCUT2D eigenvalue weighted by atomic mass is 9.83. The van der Waals surface area contributed by atoms with Crippen molar-refractivity contribution in [2.45, 2.75) is 53.0 Å². The van der Waals surface area contributed by atoms with Gasteiger partial charge in [0.1, 0.15) is 5.58 Å². The predicted octanol–water partition coefficient (Wildman–Crippen LogP) is 5.99. The maximum absolute atomic E-state index is 13.1. The molecule has 1 aromatic heterocycles. The first-order valence-electron chi connectivity index (χ1n) is 11.6. The number of carbonyl (C=O) groups is 1. The largest absolute Gasteiger partial charge is 0.478 e. The molecular weight excluding hydrogens is 416 g/mol. The molecule has 33 heavy (non-hydrogen) atoms. The van der Waals surface area contributed by atoms with Crippen molar-refractivity contribution >= 4 is 28.5 Å². The Labute approximate surface area is 194 Å². The van der Waals surface area contributed by atoms with Crippen molar-refractivity contribution in [3.05, 3.63) is 69.4 Å².